The lowest BCUT2D eigenvalue weighted by atomic mass is 10.9. The van der Waals surface area contributed by atoms with Crippen LogP contribution in [0.5, 0.6) is 0 Å². The smallest absolute Gasteiger partial charge is 0.416 e. The molecule has 0 N–H and O–H groups in total. The Morgan fingerprint density at radius 3 is 1.00 bits per heavy atom. The SMILES string of the molecule is CO[Si](CC[Si]1(C)O[Si](C)(C)O[Si](C)(C)O[Si](C)(CC[Si](OC)(OC)OC)O1)(OC)OC. The second-order valence-electron chi connectivity index (χ2n) is 9.07. The Labute approximate surface area is 200 Å². The Morgan fingerprint density at radius 2 is 0.750 bits per heavy atom. The zero-order valence-electron chi connectivity index (χ0n) is 21.9. The molecule has 1 aliphatic heterocycles. The van der Waals surface area contributed by atoms with Gasteiger partial charge in [-0.1, -0.05) is 0 Å². The molecular weight excluding hydrogens is 521 g/mol. The van der Waals surface area contributed by atoms with E-state index in [1.165, 1.54) is 0 Å². The minimum atomic E-state index is -2.78. The highest BCUT2D eigenvalue weighted by Gasteiger charge is 2.56. The van der Waals surface area contributed by atoms with Crippen LogP contribution in [0, 0.1) is 0 Å². The molecule has 0 radical (unpaired) electrons. The van der Waals surface area contributed by atoms with E-state index in [0.717, 1.165) is 0 Å². The molecule has 0 saturated carbocycles. The molecule has 192 valence electrons. The van der Waals surface area contributed by atoms with E-state index < -0.39 is 51.9 Å². The molecule has 32 heavy (non-hydrogen) atoms. The molecule has 0 spiro atoms. The van der Waals surface area contributed by atoms with Crippen molar-refractivity contribution in [2.24, 2.45) is 0 Å². The first-order valence-electron chi connectivity index (χ1n) is 10.7. The van der Waals surface area contributed by atoms with Crippen molar-refractivity contribution < 1.29 is 43.0 Å². The Hall–Kier alpha value is 0.901. The van der Waals surface area contributed by atoms with Crippen molar-refractivity contribution in [3.05, 3.63) is 0 Å². The van der Waals surface area contributed by atoms with Gasteiger partial charge in [0.05, 0.1) is 0 Å². The molecule has 0 bridgehead atoms. The van der Waals surface area contributed by atoms with E-state index >= 15 is 0 Å². The number of hydrogen-bond donors (Lipinski definition) is 0. The van der Waals surface area contributed by atoms with Crippen LogP contribution in [0.25, 0.3) is 0 Å². The van der Waals surface area contributed by atoms with Gasteiger partial charge in [0.25, 0.3) is 0 Å². The van der Waals surface area contributed by atoms with Crippen LogP contribution in [0.1, 0.15) is 0 Å². The lowest BCUT2D eigenvalue weighted by molar-refractivity contribution is 0.123. The van der Waals surface area contributed by atoms with Gasteiger partial charge in [-0.25, -0.2) is 0 Å². The zero-order chi connectivity index (χ0) is 24.9. The van der Waals surface area contributed by atoms with Crippen molar-refractivity contribution in [3.63, 3.8) is 0 Å². The van der Waals surface area contributed by atoms with Crippen molar-refractivity contribution in [1.29, 1.82) is 0 Å². The third-order valence-corrected chi connectivity index (χ3v) is 29.0. The largest absolute Gasteiger partial charge is 0.500 e. The van der Waals surface area contributed by atoms with Gasteiger partial charge in [0, 0.05) is 54.7 Å². The molecule has 1 rings (SSSR count). The molecule has 0 amide bonds. The third-order valence-electron chi connectivity index (χ3n) is 5.48. The van der Waals surface area contributed by atoms with Crippen molar-refractivity contribution in [2.75, 3.05) is 42.7 Å². The summed E-state index contributed by atoms with van der Waals surface area (Å²) in [5.41, 5.74) is 0. The molecule has 0 aromatic rings. The molecule has 0 aromatic carbocycles. The maximum atomic E-state index is 6.93. The summed E-state index contributed by atoms with van der Waals surface area (Å²) in [5, 5.41) is 0. The average Bonchev–Trinajstić information content (AvgIpc) is 2.68. The van der Waals surface area contributed by atoms with Gasteiger partial charge in [0.15, 0.2) is 0 Å². The second-order valence-corrected chi connectivity index (χ2v) is 29.6. The van der Waals surface area contributed by atoms with Gasteiger partial charge in [-0.2, -0.15) is 0 Å². The lowest BCUT2D eigenvalue weighted by Gasteiger charge is -2.49. The molecule has 0 aliphatic carbocycles. The van der Waals surface area contributed by atoms with E-state index in [1.807, 2.05) is 0 Å². The fourth-order valence-corrected chi connectivity index (χ4v) is 33.1. The topological polar surface area (TPSA) is 92.3 Å². The summed E-state index contributed by atoms with van der Waals surface area (Å²) in [6.07, 6.45) is 0. The van der Waals surface area contributed by atoms with E-state index in [1.54, 1.807) is 42.7 Å². The Balaban J connectivity index is 3.24. The summed E-state index contributed by atoms with van der Waals surface area (Å²) in [6, 6.07) is 2.46. The van der Waals surface area contributed by atoms with Gasteiger partial charge in [0.1, 0.15) is 0 Å². The quantitative estimate of drug-likeness (QED) is 0.328. The summed E-state index contributed by atoms with van der Waals surface area (Å²) >= 11 is 0. The normalized spacial score (nSPS) is 28.9. The predicted octanol–water partition coefficient (Wildman–Crippen LogP) is 3.37. The van der Waals surface area contributed by atoms with Crippen LogP contribution in [-0.2, 0) is 43.0 Å². The maximum absolute atomic E-state index is 6.93. The highest BCUT2D eigenvalue weighted by molar-refractivity contribution is 6.93. The van der Waals surface area contributed by atoms with Gasteiger partial charge < -0.3 is 43.0 Å². The zero-order valence-corrected chi connectivity index (χ0v) is 27.9. The van der Waals surface area contributed by atoms with E-state index in [0.29, 0.717) is 24.2 Å². The van der Waals surface area contributed by atoms with Gasteiger partial charge in [-0.05, 0) is 51.4 Å². The number of rotatable bonds is 12. The summed E-state index contributed by atoms with van der Waals surface area (Å²) < 4.78 is 60.7. The molecular formula is C16H44O10Si6. The molecule has 2 unspecified atom stereocenters. The molecule has 1 heterocycles. The Kier molecular flexibility index (Phi) is 11.4. The van der Waals surface area contributed by atoms with Crippen molar-refractivity contribution in [2.45, 2.75) is 63.5 Å². The van der Waals surface area contributed by atoms with Gasteiger partial charge in [-0.15, -0.1) is 0 Å². The fourth-order valence-electron chi connectivity index (χ4n) is 4.25. The van der Waals surface area contributed by atoms with Crippen LogP contribution in [0.15, 0.2) is 0 Å². The monoisotopic (exact) mass is 564 g/mol. The molecule has 1 saturated heterocycles. The van der Waals surface area contributed by atoms with E-state index in [9.17, 15) is 0 Å². The van der Waals surface area contributed by atoms with Gasteiger partial charge >= 0.3 is 51.9 Å². The standard InChI is InChI=1S/C16H44O10Si6/c1-17-31(18-2,19-3)15-13-29(11)24-27(7,8)23-28(9,10)25-30(12,26-29)14-16-32(20-4,21-5)22-6/h13-16H2,1-12H3. The molecule has 10 nitrogen and oxygen atoms in total. The van der Waals surface area contributed by atoms with Gasteiger partial charge in [0.2, 0.25) is 0 Å². The summed E-state index contributed by atoms with van der Waals surface area (Å²) in [5.74, 6) is 0. The first-order valence-corrected chi connectivity index (χ1v) is 25.3. The molecule has 2 atom stereocenters. The fraction of sp³-hybridized carbons (Fsp3) is 1.00. The van der Waals surface area contributed by atoms with Crippen LogP contribution in [0.4, 0.5) is 0 Å². The minimum absolute atomic E-state index is 0.585. The second kappa shape index (κ2) is 11.8. The summed E-state index contributed by atoms with van der Waals surface area (Å²) in [4.78, 5) is 0. The number of hydrogen-bond acceptors (Lipinski definition) is 10. The van der Waals surface area contributed by atoms with Crippen molar-refractivity contribution >= 4 is 51.9 Å². The molecule has 16 heteroatoms. The van der Waals surface area contributed by atoms with Crippen LogP contribution >= 0.6 is 0 Å². The Morgan fingerprint density at radius 1 is 0.469 bits per heavy atom. The summed E-state index contributed by atoms with van der Waals surface area (Å²) in [6.45, 7) is 12.4. The van der Waals surface area contributed by atoms with Gasteiger partial charge in [-0.3, -0.25) is 0 Å². The predicted molar refractivity (Wildman–Crippen MR) is 135 cm³/mol. The van der Waals surface area contributed by atoms with Crippen LogP contribution in [0.3, 0.4) is 0 Å². The van der Waals surface area contributed by atoms with E-state index in [4.69, 9.17) is 43.0 Å². The van der Waals surface area contributed by atoms with Crippen LogP contribution < -0.4 is 0 Å². The van der Waals surface area contributed by atoms with E-state index in [2.05, 4.69) is 39.3 Å². The molecule has 1 aliphatic rings. The minimum Gasteiger partial charge on any atom is -0.416 e. The first kappa shape index (κ1) is 30.9. The summed E-state index contributed by atoms with van der Waals surface area (Å²) in [7, 11) is -6.36. The highest BCUT2D eigenvalue weighted by atomic mass is 28.5. The third kappa shape index (κ3) is 8.53. The average molecular weight is 565 g/mol. The Bertz CT molecular complexity index is 527. The van der Waals surface area contributed by atoms with Crippen molar-refractivity contribution in [1.82, 2.24) is 0 Å². The van der Waals surface area contributed by atoms with Crippen LogP contribution in [0.2, 0.25) is 63.5 Å². The lowest BCUT2D eigenvalue weighted by Crippen LogP contribution is -2.66. The maximum Gasteiger partial charge on any atom is 0.500 e. The molecule has 1 fully saturated rings. The first-order chi connectivity index (χ1) is 14.6. The van der Waals surface area contributed by atoms with Crippen LogP contribution in [-0.4, -0.2) is 94.5 Å². The van der Waals surface area contributed by atoms with Crippen molar-refractivity contribution in [3.8, 4) is 0 Å². The van der Waals surface area contributed by atoms with E-state index in [-0.39, 0.29) is 0 Å². The highest BCUT2D eigenvalue weighted by Crippen LogP contribution is 2.37. The molecule has 0 aromatic heterocycles.